The van der Waals surface area contributed by atoms with E-state index in [0.29, 0.717) is 27.8 Å². The van der Waals surface area contributed by atoms with Gasteiger partial charge in [0.05, 0.1) is 10.7 Å². The minimum absolute atomic E-state index is 0.0927. The summed E-state index contributed by atoms with van der Waals surface area (Å²) in [6, 6.07) is 11.8. The Hall–Kier alpha value is -2.68. The zero-order valence-corrected chi connectivity index (χ0v) is 13.7. The molecule has 24 heavy (non-hydrogen) atoms. The van der Waals surface area contributed by atoms with Crippen molar-refractivity contribution in [3.05, 3.63) is 57.6 Å². The van der Waals surface area contributed by atoms with Crippen LogP contribution in [0.1, 0.15) is 5.56 Å². The number of carbonyl (C=O) groups is 1. The van der Waals surface area contributed by atoms with Gasteiger partial charge in [-0.1, -0.05) is 35.3 Å². The monoisotopic (exact) mass is 360 g/mol. The van der Waals surface area contributed by atoms with E-state index in [1.54, 1.807) is 30.3 Å². The van der Waals surface area contributed by atoms with Crippen LogP contribution in [0.3, 0.4) is 0 Å². The molecule has 2 aromatic carbocycles. The van der Waals surface area contributed by atoms with Crippen molar-refractivity contribution in [3.63, 3.8) is 0 Å². The summed E-state index contributed by atoms with van der Waals surface area (Å²) in [5.74, 6) is 0.489. The van der Waals surface area contributed by atoms with E-state index in [1.807, 2.05) is 6.07 Å². The summed E-state index contributed by atoms with van der Waals surface area (Å²) in [5.41, 5.74) is 0.855. The second-order valence-electron chi connectivity index (χ2n) is 4.83. The Bertz CT molecular complexity index is 888. The number of nitriles is 1. The summed E-state index contributed by atoms with van der Waals surface area (Å²) in [4.78, 5) is 12.3. The number of nitrogens with one attached hydrogen (secondary N) is 1. The molecule has 1 N–H and O–H groups in total. The topological polar surface area (TPSA) is 71.3 Å². The molecule has 0 saturated heterocycles. The Morgan fingerprint density at radius 2 is 2.08 bits per heavy atom. The number of benzene rings is 2. The molecule has 1 aliphatic rings. The molecule has 0 spiro atoms. The molecule has 0 fully saturated rings. The third-order valence-corrected chi connectivity index (χ3v) is 3.82. The molecule has 1 amide bonds. The lowest BCUT2D eigenvalue weighted by molar-refractivity contribution is -0.112. The predicted octanol–water partition coefficient (Wildman–Crippen LogP) is 4.27. The quantitative estimate of drug-likeness (QED) is 0.655. The fourth-order valence-electron chi connectivity index (χ4n) is 2.15. The highest BCUT2D eigenvalue weighted by molar-refractivity contribution is 6.36. The first-order valence-electron chi connectivity index (χ1n) is 6.85. The summed E-state index contributed by atoms with van der Waals surface area (Å²) in [6.07, 6.45) is 1.44. The van der Waals surface area contributed by atoms with E-state index in [2.05, 4.69) is 5.32 Å². The minimum Gasteiger partial charge on any atom is -0.454 e. The molecule has 7 heteroatoms. The second kappa shape index (κ2) is 6.83. The van der Waals surface area contributed by atoms with Gasteiger partial charge in [0.2, 0.25) is 6.79 Å². The maximum absolute atomic E-state index is 12.3. The highest BCUT2D eigenvalue weighted by Gasteiger charge is 2.18. The number of para-hydroxylation sites is 1. The molecule has 0 aliphatic carbocycles. The number of halogens is 2. The van der Waals surface area contributed by atoms with Crippen molar-refractivity contribution in [2.45, 2.75) is 0 Å². The van der Waals surface area contributed by atoms with Gasteiger partial charge in [-0.2, -0.15) is 5.26 Å². The number of rotatable bonds is 3. The SMILES string of the molecule is N#C/C(=C\c1cccc2c1OCO2)C(=O)Nc1ccc(Cl)cc1Cl. The van der Waals surface area contributed by atoms with Crippen LogP contribution in [0.2, 0.25) is 10.0 Å². The number of fused-ring (bicyclic) bond motifs is 1. The zero-order chi connectivity index (χ0) is 17.1. The van der Waals surface area contributed by atoms with Gasteiger partial charge in [0.1, 0.15) is 11.6 Å². The van der Waals surface area contributed by atoms with E-state index in [-0.39, 0.29) is 17.4 Å². The van der Waals surface area contributed by atoms with Gasteiger partial charge >= 0.3 is 0 Å². The van der Waals surface area contributed by atoms with Gasteiger partial charge in [0.15, 0.2) is 11.5 Å². The number of hydrogen-bond acceptors (Lipinski definition) is 4. The van der Waals surface area contributed by atoms with Crippen molar-refractivity contribution in [1.82, 2.24) is 0 Å². The third kappa shape index (κ3) is 3.30. The summed E-state index contributed by atoms with van der Waals surface area (Å²) in [5, 5.41) is 12.6. The molecule has 0 saturated carbocycles. The van der Waals surface area contributed by atoms with Gasteiger partial charge in [0.25, 0.3) is 5.91 Å². The van der Waals surface area contributed by atoms with Gasteiger partial charge in [-0.3, -0.25) is 4.79 Å². The molecule has 0 radical (unpaired) electrons. The van der Waals surface area contributed by atoms with Crippen LogP contribution in [-0.2, 0) is 4.79 Å². The Morgan fingerprint density at radius 1 is 1.25 bits per heavy atom. The van der Waals surface area contributed by atoms with Crippen molar-refractivity contribution in [2.24, 2.45) is 0 Å². The Labute approximate surface area is 148 Å². The van der Waals surface area contributed by atoms with E-state index in [0.717, 1.165) is 0 Å². The highest BCUT2D eigenvalue weighted by Crippen LogP contribution is 2.36. The average molecular weight is 361 g/mol. The van der Waals surface area contributed by atoms with Crippen molar-refractivity contribution in [1.29, 1.82) is 5.26 Å². The van der Waals surface area contributed by atoms with Gasteiger partial charge in [-0.05, 0) is 30.3 Å². The van der Waals surface area contributed by atoms with Crippen molar-refractivity contribution in [2.75, 3.05) is 12.1 Å². The van der Waals surface area contributed by atoms with E-state index in [1.165, 1.54) is 12.1 Å². The summed E-state index contributed by atoms with van der Waals surface area (Å²) >= 11 is 11.8. The Balaban J connectivity index is 1.88. The smallest absolute Gasteiger partial charge is 0.266 e. The maximum Gasteiger partial charge on any atom is 0.266 e. The molecular formula is C17H10Cl2N2O3. The van der Waals surface area contributed by atoms with Crippen LogP contribution in [0.4, 0.5) is 5.69 Å². The van der Waals surface area contributed by atoms with Crippen molar-refractivity contribution < 1.29 is 14.3 Å². The highest BCUT2D eigenvalue weighted by atomic mass is 35.5. The lowest BCUT2D eigenvalue weighted by Crippen LogP contribution is -2.13. The van der Waals surface area contributed by atoms with Crippen LogP contribution in [0.5, 0.6) is 11.5 Å². The molecule has 1 aliphatic heterocycles. The number of anilines is 1. The molecule has 0 bridgehead atoms. The largest absolute Gasteiger partial charge is 0.454 e. The molecular weight excluding hydrogens is 351 g/mol. The number of nitrogens with zero attached hydrogens (tertiary/aromatic N) is 1. The van der Waals surface area contributed by atoms with Crippen molar-refractivity contribution >= 4 is 40.9 Å². The molecule has 0 unspecified atom stereocenters. The third-order valence-electron chi connectivity index (χ3n) is 3.27. The molecule has 5 nitrogen and oxygen atoms in total. The van der Waals surface area contributed by atoms with E-state index in [4.69, 9.17) is 32.7 Å². The van der Waals surface area contributed by atoms with Gasteiger partial charge in [0, 0.05) is 10.6 Å². The average Bonchev–Trinajstić information content (AvgIpc) is 3.04. The Kier molecular flexibility index (Phi) is 4.61. The first-order valence-corrected chi connectivity index (χ1v) is 7.61. The lowest BCUT2D eigenvalue weighted by atomic mass is 10.1. The van der Waals surface area contributed by atoms with Gasteiger partial charge in [-0.25, -0.2) is 0 Å². The van der Waals surface area contributed by atoms with Gasteiger partial charge in [-0.15, -0.1) is 0 Å². The summed E-state index contributed by atoms with van der Waals surface area (Å²) in [7, 11) is 0. The van der Waals surface area contributed by atoms with Crippen LogP contribution in [0.25, 0.3) is 6.08 Å². The standard InChI is InChI=1S/C17H10Cl2N2O3/c18-12-4-5-14(13(19)7-12)21-17(22)11(8-20)6-10-2-1-3-15-16(10)24-9-23-15/h1-7H,9H2,(H,21,22)/b11-6+. The first kappa shape index (κ1) is 16.2. The molecule has 120 valence electrons. The summed E-state index contributed by atoms with van der Waals surface area (Å²) in [6.45, 7) is 0.106. The molecule has 1 heterocycles. The number of amides is 1. The maximum atomic E-state index is 12.3. The molecule has 0 aromatic heterocycles. The fraction of sp³-hybridized carbons (Fsp3) is 0.0588. The van der Waals surface area contributed by atoms with E-state index in [9.17, 15) is 10.1 Å². The van der Waals surface area contributed by atoms with Crippen LogP contribution in [0.15, 0.2) is 42.0 Å². The van der Waals surface area contributed by atoms with Crippen LogP contribution >= 0.6 is 23.2 Å². The van der Waals surface area contributed by atoms with Gasteiger partial charge < -0.3 is 14.8 Å². The zero-order valence-electron chi connectivity index (χ0n) is 12.2. The van der Waals surface area contributed by atoms with Crippen LogP contribution in [0, 0.1) is 11.3 Å². The molecule has 3 rings (SSSR count). The van der Waals surface area contributed by atoms with Crippen molar-refractivity contribution in [3.8, 4) is 17.6 Å². The predicted molar refractivity (Wildman–Crippen MR) is 91.2 cm³/mol. The Morgan fingerprint density at radius 3 is 2.83 bits per heavy atom. The second-order valence-corrected chi connectivity index (χ2v) is 5.67. The molecule has 0 atom stereocenters. The normalized spacial score (nSPS) is 12.6. The van der Waals surface area contributed by atoms with E-state index >= 15 is 0 Å². The first-order chi connectivity index (χ1) is 11.6. The fourth-order valence-corrected chi connectivity index (χ4v) is 2.61. The van der Waals surface area contributed by atoms with Crippen LogP contribution in [-0.4, -0.2) is 12.7 Å². The minimum atomic E-state index is -0.585. The molecule has 2 aromatic rings. The summed E-state index contributed by atoms with van der Waals surface area (Å²) < 4.78 is 10.6. The van der Waals surface area contributed by atoms with E-state index < -0.39 is 5.91 Å². The number of hydrogen-bond donors (Lipinski definition) is 1. The number of carbonyl (C=O) groups excluding carboxylic acids is 1. The lowest BCUT2D eigenvalue weighted by Gasteiger charge is -2.07. The number of ether oxygens (including phenoxy) is 2. The van der Waals surface area contributed by atoms with Crippen LogP contribution < -0.4 is 14.8 Å².